The van der Waals surface area contributed by atoms with E-state index in [-0.39, 0.29) is 5.56 Å². The minimum absolute atomic E-state index is 0.178. The second kappa shape index (κ2) is 3.23. The second-order valence-electron chi connectivity index (χ2n) is 3.89. The zero-order chi connectivity index (χ0) is 10.2. The Morgan fingerprint density at radius 2 is 2.21 bits per heavy atom. The zero-order valence-corrected chi connectivity index (χ0v) is 8.11. The fraction of sp³-hybridized carbons (Fsp3) is 0.455. The number of fused-ring (bicyclic) bond motifs is 1. The van der Waals surface area contributed by atoms with Gasteiger partial charge in [-0.2, -0.15) is 0 Å². The van der Waals surface area contributed by atoms with Gasteiger partial charge in [-0.25, -0.2) is 8.78 Å². The molecule has 0 spiro atoms. The van der Waals surface area contributed by atoms with Crippen LogP contribution in [0.2, 0.25) is 0 Å². The van der Waals surface area contributed by atoms with E-state index in [1.807, 2.05) is 0 Å². The van der Waals surface area contributed by atoms with Crippen molar-refractivity contribution in [3.8, 4) is 0 Å². The van der Waals surface area contributed by atoms with Crippen LogP contribution in [0.3, 0.4) is 0 Å². The molecule has 76 valence electrons. The molecule has 1 N–H and O–H groups in total. The zero-order valence-electron chi connectivity index (χ0n) is 8.11. The van der Waals surface area contributed by atoms with Gasteiger partial charge in [-0.3, -0.25) is 0 Å². The Morgan fingerprint density at radius 3 is 3.00 bits per heavy atom. The standard InChI is InChI=1S/C11H13F2N/c1-11(13)6-3-7-14-9-5-2-4-8(12)10(9)11/h2,4-5,14H,3,6-7H2,1H3. The number of hydrogen-bond donors (Lipinski definition) is 1. The van der Waals surface area contributed by atoms with Crippen LogP contribution in [0.5, 0.6) is 0 Å². The van der Waals surface area contributed by atoms with Gasteiger partial charge in [0.25, 0.3) is 0 Å². The van der Waals surface area contributed by atoms with Gasteiger partial charge < -0.3 is 5.32 Å². The third kappa shape index (κ3) is 1.47. The fourth-order valence-electron chi connectivity index (χ4n) is 1.97. The fourth-order valence-corrected chi connectivity index (χ4v) is 1.97. The van der Waals surface area contributed by atoms with Crippen LogP contribution < -0.4 is 5.32 Å². The minimum atomic E-state index is -1.55. The van der Waals surface area contributed by atoms with Crippen LogP contribution in [0.25, 0.3) is 0 Å². The van der Waals surface area contributed by atoms with E-state index in [1.54, 1.807) is 12.1 Å². The Morgan fingerprint density at radius 1 is 1.43 bits per heavy atom. The summed E-state index contributed by atoms with van der Waals surface area (Å²) in [7, 11) is 0. The largest absolute Gasteiger partial charge is 0.385 e. The summed E-state index contributed by atoms with van der Waals surface area (Å²) in [6, 6.07) is 4.63. The smallest absolute Gasteiger partial charge is 0.138 e. The van der Waals surface area contributed by atoms with Crippen molar-refractivity contribution < 1.29 is 8.78 Å². The summed E-state index contributed by atoms with van der Waals surface area (Å²) in [5.41, 5.74) is -0.783. The molecule has 0 fully saturated rings. The lowest BCUT2D eigenvalue weighted by atomic mass is 9.92. The maximum absolute atomic E-state index is 14.1. The molecule has 14 heavy (non-hydrogen) atoms. The highest BCUT2D eigenvalue weighted by Crippen LogP contribution is 2.39. The molecule has 1 atom stereocenters. The second-order valence-corrected chi connectivity index (χ2v) is 3.89. The molecule has 1 aromatic carbocycles. The lowest BCUT2D eigenvalue weighted by Crippen LogP contribution is -2.16. The predicted molar refractivity (Wildman–Crippen MR) is 52.6 cm³/mol. The van der Waals surface area contributed by atoms with E-state index in [4.69, 9.17) is 0 Å². The molecule has 0 saturated heterocycles. The number of anilines is 1. The molecule has 1 nitrogen and oxygen atoms in total. The molecule has 1 aromatic rings. The van der Waals surface area contributed by atoms with E-state index < -0.39 is 11.5 Å². The van der Waals surface area contributed by atoms with Gasteiger partial charge in [-0.15, -0.1) is 0 Å². The van der Waals surface area contributed by atoms with E-state index in [2.05, 4.69) is 5.32 Å². The number of halogens is 2. The van der Waals surface area contributed by atoms with Crippen molar-refractivity contribution in [2.45, 2.75) is 25.4 Å². The van der Waals surface area contributed by atoms with Crippen molar-refractivity contribution in [3.63, 3.8) is 0 Å². The van der Waals surface area contributed by atoms with Crippen LogP contribution >= 0.6 is 0 Å². The van der Waals surface area contributed by atoms with Crippen LogP contribution in [0.15, 0.2) is 18.2 Å². The van der Waals surface area contributed by atoms with Crippen molar-refractivity contribution in [2.24, 2.45) is 0 Å². The third-order valence-corrected chi connectivity index (χ3v) is 2.67. The number of rotatable bonds is 0. The van der Waals surface area contributed by atoms with E-state index in [1.165, 1.54) is 13.0 Å². The Bertz CT molecular complexity index is 347. The monoisotopic (exact) mass is 197 g/mol. The van der Waals surface area contributed by atoms with Gasteiger partial charge in [-0.05, 0) is 31.9 Å². The first kappa shape index (κ1) is 9.44. The lowest BCUT2D eigenvalue weighted by molar-refractivity contribution is 0.172. The SMILES string of the molecule is CC1(F)CCCNc2cccc(F)c21. The molecule has 0 saturated carbocycles. The molecular weight excluding hydrogens is 184 g/mol. The van der Waals surface area contributed by atoms with Crippen LogP contribution in [0, 0.1) is 5.82 Å². The van der Waals surface area contributed by atoms with E-state index in [0.717, 1.165) is 6.42 Å². The van der Waals surface area contributed by atoms with Crippen LogP contribution in [-0.4, -0.2) is 6.54 Å². The van der Waals surface area contributed by atoms with Crippen molar-refractivity contribution in [1.82, 2.24) is 0 Å². The molecule has 2 rings (SSSR count). The van der Waals surface area contributed by atoms with Gasteiger partial charge in [0.15, 0.2) is 0 Å². The summed E-state index contributed by atoms with van der Waals surface area (Å²) >= 11 is 0. The van der Waals surface area contributed by atoms with Crippen LogP contribution in [0.1, 0.15) is 25.3 Å². The van der Waals surface area contributed by atoms with Crippen molar-refractivity contribution in [1.29, 1.82) is 0 Å². The quantitative estimate of drug-likeness (QED) is 0.673. The summed E-state index contributed by atoms with van der Waals surface area (Å²) in [5.74, 6) is -0.457. The first-order chi connectivity index (χ1) is 6.61. The molecule has 0 bridgehead atoms. The molecule has 3 heteroatoms. The number of alkyl halides is 1. The molecular formula is C11H13F2N. The number of hydrogen-bond acceptors (Lipinski definition) is 1. The highest BCUT2D eigenvalue weighted by Gasteiger charge is 2.32. The third-order valence-electron chi connectivity index (χ3n) is 2.67. The molecule has 1 unspecified atom stereocenters. The van der Waals surface area contributed by atoms with E-state index in [9.17, 15) is 8.78 Å². The Balaban J connectivity index is 2.58. The van der Waals surface area contributed by atoms with Gasteiger partial charge in [0.05, 0.1) is 0 Å². The normalized spacial score (nSPS) is 26.2. The van der Waals surface area contributed by atoms with Crippen LogP contribution in [0.4, 0.5) is 14.5 Å². The molecule has 1 heterocycles. The van der Waals surface area contributed by atoms with Crippen molar-refractivity contribution >= 4 is 5.69 Å². The van der Waals surface area contributed by atoms with Crippen molar-refractivity contribution in [3.05, 3.63) is 29.6 Å². The van der Waals surface area contributed by atoms with Gasteiger partial charge in [0, 0.05) is 17.8 Å². The van der Waals surface area contributed by atoms with E-state index >= 15 is 0 Å². The van der Waals surface area contributed by atoms with E-state index in [0.29, 0.717) is 18.7 Å². The molecule has 0 radical (unpaired) electrons. The first-order valence-corrected chi connectivity index (χ1v) is 4.83. The summed E-state index contributed by atoms with van der Waals surface area (Å²) in [4.78, 5) is 0. The minimum Gasteiger partial charge on any atom is -0.385 e. The molecule has 1 aliphatic heterocycles. The Kier molecular flexibility index (Phi) is 2.17. The first-order valence-electron chi connectivity index (χ1n) is 4.83. The highest BCUT2D eigenvalue weighted by molar-refractivity contribution is 5.55. The number of nitrogens with one attached hydrogen (secondary N) is 1. The average Bonchev–Trinajstić information content (AvgIpc) is 2.25. The summed E-state index contributed by atoms with van der Waals surface area (Å²) < 4.78 is 27.6. The van der Waals surface area contributed by atoms with Gasteiger partial charge >= 0.3 is 0 Å². The van der Waals surface area contributed by atoms with Gasteiger partial charge in [-0.1, -0.05) is 6.07 Å². The maximum Gasteiger partial charge on any atom is 0.138 e. The van der Waals surface area contributed by atoms with Gasteiger partial charge in [0.1, 0.15) is 11.5 Å². The lowest BCUT2D eigenvalue weighted by Gasteiger charge is -2.20. The summed E-state index contributed by atoms with van der Waals surface area (Å²) in [6.45, 7) is 2.15. The summed E-state index contributed by atoms with van der Waals surface area (Å²) in [5, 5.41) is 3.04. The highest BCUT2D eigenvalue weighted by atomic mass is 19.1. The van der Waals surface area contributed by atoms with Crippen LogP contribution in [-0.2, 0) is 5.67 Å². The molecule has 0 aromatic heterocycles. The predicted octanol–water partition coefficient (Wildman–Crippen LogP) is 3.22. The van der Waals surface area contributed by atoms with Crippen molar-refractivity contribution in [2.75, 3.05) is 11.9 Å². The topological polar surface area (TPSA) is 12.0 Å². The maximum atomic E-state index is 14.1. The molecule has 0 aliphatic carbocycles. The van der Waals surface area contributed by atoms with Gasteiger partial charge in [0.2, 0.25) is 0 Å². The molecule has 1 aliphatic rings. The average molecular weight is 197 g/mol. The summed E-state index contributed by atoms with van der Waals surface area (Å²) in [6.07, 6.45) is 1.09. The Hall–Kier alpha value is -1.12. The Labute approximate surface area is 82.1 Å². The molecule has 0 amide bonds. The number of benzene rings is 1.